The average molecular weight is 501 g/mol. The molecule has 0 atom stereocenters. The lowest BCUT2D eigenvalue weighted by atomic mass is 9.68. The molecule has 0 heteroatoms. The summed E-state index contributed by atoms with van der Waals surface area (Å²) in [5.74, 6) is 0. The van der Waals surface area contributed by atoms with E-state index in [1.807, 2.05) is 0 Å². The third kappa shape index (κ3) is 4.43. The Hall–Kier alpha value is -1.56. The zero-order chi connectivity index (χ0) is 28.4. The van der Waals surface area contributed by atoms with Crippen molar-refractivity contribution in [2.75, 3.05) is 0 Å². The molecular formula is C37H56. The third-order valence-corrected chi connectivity index (χ3v) is 9.52. The summed E-state index contributed by atoms with van der Waals surface area (Å²) in [6.07, 6.45) is 2.39. The number of hydrogen-bond donors (Lipinski definition) is 0. The minimum Gasteiger partial charge on any atom is -0.0561 e. The molecule has 0 heterocycles. The molecule has 2 aromatic rings. The molecule has 2 aliphatic rings. The molecule has 0 amide bonds. The molecule has 0 saturated carbocycles. The second kappa shape index (κ2) is 7.76. The van der Waals surface area contributed by atoms with Crippen molar-refractivity contribution in [1.82, 2.24) is 0 Å². The molecule has 0 N–H and O–H groups in total. The van der Waals surface area contributed by atoms with Crippen molar-refractivity contribution in [2.24, 2.45) is 0 Å². The maximum atomic E-state index is 2.67. The van der Waals surface area contributed by atoms with E-state index < -0.39 is 0 Å². The molecule has 204 valence electrons. The van der Waals surface area contributed by atoms with Crippen molar-refractivity contribution < 1.29 is 0 Å². The van der Waals surface area contributed by atoms with Crippen LogP contribution < -0.4 is 0 Å². The van der Waals surface area contributed by atoms with Gasteiger partial charge in [0.1, 0.15) is 0 Å². The molecule has 0 aromatic heterocycles. The first-order valence-corrected chi connectivity index (χ1v) is 14.7. The van der Waals surface area contributed by atoms with Gasteiger partial charge in [-0.2, -0.15) is 0 Å². The Morgan fingerprint density at radius 1 is 0.405 bits per heavy atom. The molecule has 0 bridgehead atoms. The van der Waals surface area contributed by atoms with Crippen molar-refractivity contribution in [1.29, 1.82) is 0 Å². The van der Waals surface area contributed by atoms with E-state index in [4.69, 9.17) is 0 Å². The van der Waals surface area contributed by atoms with Gasteiger partial charge in [0.25, 0.3) is 0 Å². The Morgan fingerprint density at radius 2 is 0.622 bits per heavy atom. The topological polar surface area (TPSA) is 0 Å². The number of benzene rings is 2. The smallest absolute Gasteiger partial charge is 0.0225 e. The fourth-order valence-electron chi connectivity index (χ4n) is 7.88. The molecule has 37 heavy (non-hydrogen) atoms. The van der Waals surface area contributed by atoms with Gasteiger partial charge in [0.15, 0.2) is 0 Å². The molecular weight excluding hydrogens is 444 g/mol. The van der Waals surface area contributed by atoms with Crippen molar-refractivity contribution in [2.45, 2.75) is 162 Å². The first kappa shape index (κ1) is 28.4. The number of rotatable bonds is 0. The van der Waals surface area contributed by atoms with E-state index in [-0.39, 0.29) is 37.9 Å². The van der Waals surface area contributed by atoms with Crippen molar-refractivity contribution in [3.63, 3.8) is 0 Å². The highest BCUT2D eigenvalue weighted by molar-refractivity contribution is 5.64. The van der Waals surface area contributed by atoms with Crippen LogP contribution in [-0.2, 0) is 37.9 Å². The molecule has 2 aliphatic carbocycles. The Bertz CT molecular complexity index is 1130. The van der Waals surface area contributed by atoms with Crippen LogP contribution >= 0.6 is 0 Å². The molecule has 2 aromatic carbocycles. The first-order chi connectivity index (χ1) is 16.3. The molecule has 0 saturated heterocycles. The summed E-state index contributed by atoms with van der Waals surface area (Å²) in [4.78, 5) is 0. The lowest BCUT2D eigenvalue weighted by Gasteiger charge is -2.35. The van der Waals surface area contributed by atoms with Crippen LogP contribution in [0.1, 0.15) is 168 Å². The fraction of sp³-hybridized carbons (Fsp3) is 0.676. The zero-order valence-corrected chi connectivity index (χ0v) is 27.2. The van der Waals surface area contributed by atoms with Gasteiger partial charge >= 0.3 is 0 Å². The Labute approximate surface area is 230 Å². The number of fused-ring (bicyclic) bond motifs is 4. The molecule has 0 unspecified atom stereocenters. The van der Waals surface area contributed by atoms with Gasteiger partial charge < -0.3 is 0 Å². The van der Waals surface area contributed by atoms with Crippen LogP contribution in [0.15, 0.2) is 24.3 Å². The predicted molar refractivity (Wildman–Crippen MR) is 164 cm³/mol. The second-order valence-electron chi connectivity index (χ2n) is 18.1. The maximum absolute atomic E-state index is 2.67. The Kier molecular flexibility index (Phi) is 5.97. The molecule has 0 nitrogen and oxygen atoms in total. The second-order valence-corrected chi connectivity index (χ2v) is 18.1. The van der Waals surface area contributed by atoms with E-state index >= 15 is 0 Å². The average Bonchev–Trinajstić information content (AvgIpc) is 3.03. The lowest BCUT2D eigenvalue weighted by Crippen LogP contribution is -2.28. The van der Waals surface area contributed by atoms with Gasteiger partial charge in [-0.3, -0.25) is 0 Å². The van der Waals surface area contributed by atoms with Crippen molar-refractivity contribution in [3.05, 3.63) is 68.8 Å². The predicted octanol–water partition coefficient (Wildman–Crippen LogP) is 10.5. The highest BCUT2D eigenvalue weighted by Gasteiger charge is 2.57. The van der Waals surface area contributed by atoms with E-state index in [2.05, 4.69) is 135 Å². The molecule has 4 rings (SSSR count). The normalized spacial score (nSPS) is 20.3. The van der Waals surface area contributed by atoms with Gasteiger partial charge in [-0.25, -0.2) is 0 Å². The fourth-order valence-corrected chi connectivity index (χ4v) is 7.88. The summed E-state index contributed by atoms with van der Waals surface area (Å²) in [5.41, 5.74) is 13.4. The summed E-state index contributed by atoms with van der Waals surface area (Å²) in [6.45, 7) is 38.7. The Morgan fingerprint density at radius 3 is 0.838 bits per heavy atom. The van der Waals surface area contributed by atoms with Crippen LogP contribution in [0.25, 0.3) is 0 Å². The lowest BCUT2D eigenvalue weighted by molar-refractivity contribution is 0.349. The number of hydrogen-bond acceptors (Lipinski definition) is 0. The first-order valence-electron chi connectivity index (χ1n) is 14.7. The van der Waals surface area contributed by atoms with Crippen LogP contribution in [0.2, 0.25) is 0 Å². The summed E-state index contributed by atoms with van der Waals surface area (Å²) >= 11 is 0. The van der Waals surface area contributed by atoms with E-state index in [0.29, 0.717) is 0 Å². The van der Waals surface area contributed by atoms with Gasteiger partial charge in [-0.15, -0.1) is 0 Å². The molecule has 1 spiro atoms. The molecule has 0 radical (unpaired) electrons. The van der Waals surface area contributed by atoms with Crippen molar-refractivity contribution in [3.8, 4) is 0 Å². The summed E-state index contributed by atoms with van der Waals surface area (Å²) in [5, 5.41) is 0. The SMILES string of the molecule is CC(C)(C)c1cc2c(cc1C(C)(C)C)C1(CC2(C)C)CC(C)(C)c2cc(C(C)(C)C)c(C(C)(C)C)cc21. The van der Waals surface area contributed by atoms with Crippen LogP contribution in [0.5, 0.6) is 0 Å². The van der Waals surface area contributed by atoms with Crippen LogP contribution in [0, 0.1) is 0 Å². The van der Waals surface area contributed by atoms with Gasteiger partial charge in [0.05, 0.1) is 0 Å². The quantitative estimate of drug-likeness (QED) is 0.337. The van der Waals surface area contributed by atoms with Crippen LogP contribution in [0.4, 0.5) is 0 Å². The van der Waals surface area contributed by atoms with Gasteiger partial charge in [-0.1, -0.05) is 135 Å². The van der Waals surface area contributed by atoms with Crippen LogP contribution in [-0.4, -0.2) is 0 Å². The minimum absolute atomic E-state index is 0.0739. The highest BCUT2D eigenvalue weighted by atomic mass is 14.6. The van der Waals surface area contributed by atoms with E-state index in [1.165, 1.54) is 35.1 Å². The van der Waals surface area contributed by atoms with Gasteiger partial charge in [0, 0.05) is 5.41 Å². The van der Waals surface area contributed by atoms with Gasteiger partial charge in [0.2, 0.25) is 0 Å². The monoisotopic (exact) mass is 500 g/mol. The maximum Gasteiger partial charge on any atom is 0.0225 e. The summed E-state index contributed by atoms with van der Waals surface area (Å²) in [7, 11) is 0. The summed E-state index contributed by atoms with van der Waals surface area (Å²) < 4.78 is 0. The minimum atomic E-state index is 0.0739. The highest BCUT2D eigenvalue weighted by Crippen LogP contribution is 2.64. The molecule has 0 aliphatic heterocycles. The van der Waals surface area contributed by atoms with Gasteiger partial charge in [-0.05, 0) is 89.8 Å². The Balaban J connectivity index is 2.14. The summed E-state index contributed by atoms with van der Waals surface area (Å²) in [6, 6.07) is 10.6. The van der Waals surface area contributed by atoms with E-state index in [1.54, 1.807) is 22.3 Å². The standard InChI is InChI=1S/C37H56/c1-31(2,3)23-17-27-29(19-25(23)33(7,8)9)37(21-35(27,13)14)22-36(15,16)28-18-24(32(4,5)6)26(20-30(28)37)34(10,11)12/h17-20H,21-22H2,1-16H3. The molecule has 0 fully saturated rings. The largest absolute Gasteiger partial charge is 0.0561 e. The van der Waals surface area contributed by atoms with Crippen molar-refractivity contribution >= 4 is 0 Å². The van der Waals surface area contributed by atoms with E-state index in [0.717, 1.165) is 0 Å². The van der Waals surface area contributed by atoms with E-state index in [9.17, 15) is 0 Å². The zero-order valence-electron chi connectivity index (χ0n) is 27.2. The van der Waals surface area contributed by atoms with Crippen LogP contribution in [0.3, 0.4) is 0 Å². The third-order valence-electron chi connectivity index (χ3n) is 9.52.